The van der Waals surface area contributed by atoms with Crippen LogP contribution in [-0.4, -0.2) is 11.3 Å². The normalized spacial score (nSPS) is 11.7. The third kappa shape index (κ3) is 2.63. The predicted octanol–water partition coefficient (Wildman–Crippen LogP) is 2.78. The van der Waals surface area contributed by atoms with Crippen molar-refractivity contribution in [3.63, 3.8) is 0 Å². The average molecular weight is 224 g/mol. The van der Waals surface area contributed by atoms with Gasteiger partial charge in [0.15, 0.2) is 0 Å². The van der Waals surface area contributed by atoms with Crippen LogP contribution in [0.4, 0.5) is 11.4 Å². The largest absolute Gasteiger partial charge is 0.398 e. The van der Waals surface area contributed by atoms with Crippen LogP contribution in [0, 0.1) is 0 Å². The first-order valence-corrected chi connectivity index (χ1v) is 6.85. The zero-order valence-corrected chi connectivity index (χ0v) is 10.9. The molecule has 15 heavy (non-hydrogen) atoms. The molecule has 0 bridgehead atoms. The lowest BCUT2D eigenvalue weighted by atomic mass is 10.3. The van der Waals surface area contributed by atoms with E-state index in [0.29, 0.717) is 11.3 Å². The fourth-order valence-corrected chi connectivity index (χ4v) is 4.96. The molecule has 1 aromatic rings. The zero-order chi connectivity index (χ0) is 11.6. The second-order valence-corrected chi connectivity index (χ2v) is 7.71. The summed E-state index contributed by atoms with van der Waals surface area (Å²) in [7, 11) is -0.265. The van der Waals surface area contributed by atoms with Crippen LogP contribution in [0.1, 0.15) is 27.7 Å². The first kappa shape index (κ1) is 12.3. The van der Waals surface area contributed by atoms with E-state index < -0.39 is 0 Å². The summed E-state index contributed by atoms with van der Waals surface area (Å²) in [5, 5.41) is 1.19. The number of nitrogens with two attached hydrogens (primary N) is 2. The molecule has 84 valence electrons. The van der Waals surface area contributed by atoms with Gasteiger partial charge in [0.1, 0.15) is 0 Å². The van der Waals surface area contributed by atoms with Crippen LogP contribution in [0.15, 0.2) is 18.2 Å². The van der Waals surface area contributed by atoms with Gasteiger partial charge in [-0.3, -0.25) is 0 Å². The van der Waals surface area contributed by atoms with E-state index in [0.717, 1.165) is 11.4 Å². The van der Waals surface area contributed by atoms with Crippen molar-refractivity contribution < 1.29 is 0 Å². The molecule has 4 N–H and O–H groups in total. The van der Waals surface area contributed by atoms with Gasteiger partial charge in [0.2, 0.25) is 0 Å². The minimum absolute atomic E-state index is 0.265. The van der Waals surface area contributed by atoms with Gasteiger partial charge in [0.25, 0.3) is 0 Å². The minimum atomic E-state index is -0.265. The summed E-state index contributed by atoms with van der Waals surface area (Å²) in [6.45, 7) is 8.99. The first-order valence-electron chi connectivity index (χ1n) is 5.37. The summed E-state index contributed by atoms with van der Waals surface area (Å²) in [5.74, 6) is 0. The maximum Gasteiger partial charge on any atom is 0.0413 e. The van der Waals surface area contributed by atoms with E-state index in [-0.39, 0.29) is 7.92 Å². The molecular formula is C12H21N2P. The zero-order valence-electron chi connectivity index (χ0n) is 9.99. The Morgan fingerprint density at radius 2 is 1.33 bits per heavy atom. The molecule has 0 heterocycles. The van der Waals surface area contributed by atoms with E-state index in [1.54, 1.807) is 0 Å². The van der Waals surface area contributed by atoms with Crippen LogP contribution in [0.2, 0.25) is 0 Å². The van der Waals surface area contributed by atoms with Crippen molar-refractivity contribution in [2.45, 2.75) is 39.0 Å². The first-order chi connectivity index (χ1) is 6.95. The summed E-state index contributed by atoms with van der Waals surface area (Å²) in [4.78, 5) is 0. The molecule has 0 aromatic heterocycles. The monoisotopic (exact) mass is 224 g/mol. The van der Waals surface area contributed by atoms with E-state index >= 15 is 0 Å². The smallest absolute Gasteiger partial charge is 0.0413 e. The SMILES string of the molecule is CC(C)P(c1c(N)cccc1N)C(C)C. The topological polar surface area (TPSA) is 52.0 Å². The Labute approximate surface area is 93.8 Å². The van der Waals surface area contributed by atoms with Gasteiger partial charge in [0.05, 0.1) is 0 Å². The number of benzene rings is 1. The molecule has 0 saturated heterocycles. The van der Waals surface area contributed by atoms with Gasteiger partial charge in [0, 0.05) is 16.7 Å². The van der Waals surface area contributed by atoms with Gasteiger partial charge in [-0.2, -0.15) is 0 Å². The minimum Gasteiger partial charge on any atom is -0.398 e. The molecular weight excluding hydrogens is 203 g/mol. The second-order valence-electron chi connectivity index (χ2n) is 4.38. The number of rotatable bonds is 3. The van der Waals surface area contributed by atoms with Gasteiger partial charge in [-0.25, -0.2) is 0 Å². The van der Waals surface area contributed by atoms with Crippen LogP contribution < -0.4 is 16.8 Å². The molecule has 0 aliphatic carbocycles. The predicted molar refractivity (Wildman–Crippen MR) is 72.1 cm³/mol. The second kappa shape index (κ2) is 4.85. The van der Waals surface area contributed by atoms with Gasteiger partial charge in [-0.1, -0.05) is 41.7 Å². The maximum atomic E-state index is 6.03. The van der Waals surface area contributed by atoms with E-state index in [2.05, 4.69) is 27.7 Å². The highest BCUT2D eigenvalue weighted by atomic mass is 31.1. The molecule has 0 fully saturated rings. The molecule has 1 rings (SSSR count). The molecule has 1 aromatic carbocycles. The third-order valence-corrected chi connectivity index (χ3v) is 5.73. The van der Waals surface area contributed by atoms with E-state index in [1.807, 2.05) is 18.2 Å². The lowest BCUT2D eigenvalue weighted by Gasteiger charge is -2.28. The highest BCUT2D eigenvalue weighted by molar-refractivity contribution is 7.67. The number of hydrogen-bond acceptors (Lipinski definition) is 2. The Bertz CT molecular complexity index is 306. The summed E-state index contributed by atoms with van der Waals surface area (Å²) >= 11 is 0. The summed E-state index contributed by atoms with van der Waals surface area (Å²) in [5.41, 5.74) is 15.0. The maximum absolute atomic E-state index is 6.03. The molecule has 0 spiro atoms. The van der Waals surface area contributed by atoms with Crippen LogP contribution in [0.3, 0.4) is 0 Å². The van der Waals surface area contributed by atoms with Crippen molar-refractivity contribution >= 4 is 24.6 Å². The number of hydrogen-bond donors (Lipinski definition) is 2. The summed E-state index contributed by atoms with van der Waals surface area (Å²) < 4.78 is 0. The van der Waals surface area contributed by atoms with Crippen LogP contribution >= 0.6 is 7.92 Å². The number of nitrogen functional groups attached to an aromatic ring is 2. The molecule has 0 radical (unpaired) electrons. The van der Waals surface area contributed by atoms with Crippen LogP contribution in [-0.2, 0) is 0 Å². The number of anilines is 2. The van der Waals surface area contributed by atoms with Gasteiger partial charge >= 0.3 is 0 Å². The standard InChI is InChI=1S/C12H21N2P/c1-8(2)15(9(3)4)12-10(13)6-5-7-11(12)14/h5-9H,13-14H2,1-4H3. The average Bonchev–Trinajstić information content (AvgIpc) is 2.09. The lowest BCUT2D eigenvalue weighted by Crippen LogP contribution is -2.21. The van der Waals surface area contributed by atoms with Crippen LogP contribution in [0.25, 0.3) is 0 Å². The molecule has 2 nitrogen and oxygen atoms in total. The molecule has 0 saturated carbocycles. The molecule has 0 unspecified atom stereocenters. The van der Waals surface area contributed by atoms with E-state index in [1.165, 1.54) is 5.30 Å². The molecule has 0 amide bonds. The molecule has 3 heteroatoms. The van der Waals surface area contributed by atoms with Crippen molar-refractivity contribution in [2.75, 3.05) is 11.5 Å². The van der Waals surface area contributed by atoms with E-state index in [9.17, 15) is 0 Å². The third-order valence-electron chi connectivity index (χ3n) is 2.47. The van der Waals surface area contributed by atoms with Crippen molar-refractivity contribution in [1.29, 1.82) is 0 Å². The summed E-state index contributed by atoms with van der Waals surface area (Å²) in [6.07, 6.45) is 0. The Balaban J connectivity index is 3.22. The van der Waals surface area contributed by atoms with Crippen molar-refractivity contribution in [1.82, 2.24) is 0 Å². The molecule has 0 atom stereocenters. The highest BCUT2D eigenvalue weighted by Crippen LogP contribution is 2.47. The van der Waals surface area contributed by atoms with Crippen molar-refractivity contribution in [3.8, 4) is 0 Å². The fourth-order valence-electron chi connectivity index (χ4n) is 1.99. The highest BCUT2D eigenvalue weighted by Gasteiger charge is 2.22. The van der Waals surface area contributed by atoms with Gasteiger partial charge in [-0.15, -0.1) is 0 Å². The Hall–Kier alpha value is -0.750. The Morgan fingerprint density at radius 1 is 0.933 bits per heavy atom. The van der Waals surface area contributed by atoms with E-state index in [4.69, 9.17) is 11.5 Å². The van der Waals surface area contributed by atoms with Gasteiger partial charge in [-0.05, 0) is 23.5 Å². The Morgan fingerprint density at radius 3 is 1.67 bits per heavy atom. The fraction of sp³-hybridized carbons (Fsp3) is 0.500. The Kier molecular flexibility index (Phi) is 3.98. The van der Waals surface area contributed by atoms with Crippen LogP contribution in [0.5, 0.6) is 0 Å². The molecule has 0 aliphatic rings. The van der Waals surface area contributed by atoms with Gasteiger partial charge < -0.3 is 11.5 Å². The summed E-state index contributed by atoms with van der Waals surface area (Å²) in [6, 6.07) is 5.82. The van der Waals surface area contributed by atoms with Crippen molar-refractivity contribution in [3.05, 3.63) is 18.2 Å². The lowest BCUT2D eigenvalue weighted by molar-refractivity contribution is 1.02. The molecule has 0 aliphatic heterocycles. The van der Waals surface area contributed by atoms with Crippen molar-refractivity contribution in [2.24, 2.45) is 0 Å². The quantitative estimate of drug-likeness (QED) is 0.612.